The van der Waals surface area contributed by atoms with Gasteiger partial charge in [-0.05, 0) is 36.8 Å². The number of para-hydroxylation sites is 1. The van der Waals surface area contributed by atoms with E-state index in [0.717, 1.165) is 5.56 Å². The van der Waals surface area contributed by atoms with Gasteiger partial charge < -0.3 is 5.32 Å². The highest BCUT2D eigenvalue weighted by Crippen LogP contribution is 2.29. The van der Waals surface area contributed by atoms with Crippen LogP contribution in [0.3, 0.4) is 0 Å². The van der Waals surface area contributed by atoms with E-state index < -0.39 is 10.0 Å². The van der Waals surface area contributed by atoms with Gasteiger partial charge in [-0.1, -0.05) is 29.8 Å². The van der Waals surface area contributed by atoms with Gasteiger partial charge >= 0.3 is 0 Å². The molecule has 0 radical (unpaired) electrons. The molecule has 3 N–H and O–H groups in total. The molecule has 0 saturated heterocycles. The van der Waals surface area contributed by atoms with Gasteiger partial charge in [0.05, 0.1) is 21.2 Å². The minimum absolute atomic E-state index is 0.0401. The zero-order valence-electron chi connectivity index (χ0n) is 11.7. The Morgan fingerprint density at radius 2 is 1.95 bits per heavy atom. The van der Waals surface area contributed by atoms with Crippen LogP contribution in [0.5, 0.6) is 0 Å². The lowest BCUT2D eigenvalue weighted by atomic mass is 10.1. The Morgan fingerprint density at radius 1 is 1.27 bits per heavy atom. The molecule has 2 aromatic rings. The van der Waals surface area contributed by atoms with Gasteiger partial charge in [-0.15, -0.1) is 0 Å². The molecule has 114 valence electrons. The summed E-state index contributed by atoms with van der Waals surface area (Å²) in [6.07, 6.45) is 0. The Bertz CT molecular complexity index is 844. The van der Waals surface area contributed by atoms with Crippen LogP contribution in [-0.4, -0.2) is 8.42 Å². The first-order valence-corrected chi connectivity index (χ1v) is 8.33. The van der Waals surface area contributed by atoms with Crippen LogP contribution in [0.4, 0.5) is 5.69 Å². The number of sulfonamides is 1. The first-order chi connectivity index (χ1) is 10.3. The van der Waals surface area contributed by atoms with Gasteiger partial charge in [-0.25, -0.2) is 13.6 Å². The molecule has 2 aromatic carbocycles. The van der Waals surface area contributed by atoms with E-state index in [9.17, 15) is 8.42 Å². The van der Waals surface area contributed by atoms with Crippen molar-refractivity contribution in [1.29, 1.82) is 5.26 Å². The fourth-order valence-electron chi connectivity index (χ4n) is 2.02. The molecule has 0 fully saturated rings. The Kier molecular flexibility index (Phi) is 4.71. The van der Waals surface area contributed by atoms with Crippen molar-refractivity contribution < 1.29 is 8.42 Å². The summed E-state index contributed by atoms with van der Waals surface area (Å²) >= 11 is 6.11. The van der Waals surface area contributed by atoms with Crippen molar-refractivity contribution >= 4 is 27.3 Å². The Labute approximate surface area is 134 Å². The lowest BCUT2D eigenvalue weighted by Crippen LogP contribution is -2.14. The number of nitrogens with one attached hydrogen (secondary N) is 1. The third kappa shape index (κ3) is 3.57. The second-order valence-corrected chi connectivity index (χ2v) is 6.73. The maximum absolute atomic E-state index is 11.4. The minimum atomic E-state index is -3.76. The first-order valence-electron chi connectivity index (χ1n) is 6.41. The monoisotopic (exact) mass is 335 g/mol. The highest BCUT2D eigenvalue weighted by atomic mass is 35.5. The summed E-state index contributed by atoms with van der Waals surface area (Å²) in [7, 11) is -3.76. The van der Waals surface area contributed by atoms with E-state index in [1.165, 1.54) is 12.1 Å². The Balaban J connectivity index is 2.35. The van der Waals surface area contributed by atoms with Crippen LogP contribution in [0.15, 0.2) is 47.4 Å². The molecular formula is C15H14ClN3O2S. The Morgan fingerprint density at radius 3 is 2.59 bits per heavy atom. The van der Waals surface area contributed by atoms with Crippen LogP contribution < -0.4 is 10.5 Å². The molecule has 0 spiro atoms. The second kappa shape index (κ2) is 6.36. The van der Waals surface area contributed by atoms with Crippen molar-refractivity contribution in [3.63, 3.8) is 0 Å². The third-order valence-electron chi connectivity index (χ3n) is 3.18. The van der Waals surface area contributed by atoms with Gasteiger partial charge in [0.1, 0.15) is 6.07 Å². The number of benzene rings is 2. The van der Waals surface area contributed by atoms with Gasteiger partial charge in [0.15, 0.2) is 0 Å². The van der Waals surface area contributed by atoms with Crippen molar-refractivity contribution in [2.75, 3.05) is 5.32 Å². The van der Waals surface area contributed by atoms with Crippen LogP contribution in [0.1, 0.15) is 24.1 Å². The number of hydrogen-bond acceptors (Lipinski definition) is 4. The molecule has 0 heterocycles. The van der Waals surface area contributed by atoms with Crippen molar-refractivity contribution in [2.24, 2.45) is 5.14 Å². The molecule has 5 nitrogen and oxygen atoms in total. The molecule has 7 heteroatoms. The summed E-state index contributed by atoms with van der Waals surface area (Å²) in [6, 6.07) is 13.2. The van der Waals surface area contributed by atoms with Gasteiger partial charge in [0.25, 0.3) is 0 Å². The lowest BCUT2D eigenvalue weighted by Gasteiger charge is -2.18. The molecule has 0 amide bonds. The SMILES string of the molecule is C[C@@H](Nc1c(Cl)cccc1C#N)c1cccc(S(N)(=O)=O)c1. The fourth-order valence-corrected chi connectivity index (χ4v) is 2.82. The van der Waals surface area contributed by atoms with Gasteiger partial charge in [-0.3, -0.25) is 0 Å². The minimum Gasteiger partial charge on any atom is -0.376 e. The molecule has 0 unspecified atom stereocenters. The quantitative estimate of drug-likeness (QED) is 0.897. The largest absolute Gasteiger partial charge is 0.376 e. The summed E-state index contributed by atoms with van der Waals surface area (Å²) in [5.41, 5.74) is 1.65. The topological polar surface area (TPSA) is 96.0 Å². The molecule has 0 saturated carbocycles. The maximum atomic E-state index is 11.4. The zero-order valence-corrected chi connectivity index (χ0v) is 13.3. The van der Waals surface area contributed by atoms with Gasteiger partial charge in [-0.2, -0.15) is 5.26 Å². The Hall–Kier alpha value is -2.07. The number of nitrogens with two attached hydrogens (primary N) is 1. The molecule has 0 aromatic heterocycles. The molecular weight excluding hydrogens is 322 g/mol. The number of nitriles is 1. The average molecular weight is 336 g/mol. The summed E-state index contributed by atoms with van der Waals surface area (Å²) in [5.74, 6) is 0. The van der Waals surface area contributed by atoms with E-state index in [0.29, 0.717) is 16.3 Å². The first kappa shape index (κ1) is 16.3. The summed E-state index contributed by atoms with van der Waals surface area (Å²) in [5, 5.41) is 17.8. The fraction of sp³-hybridized carbons (Fsp3) is 0.133. The van der Waals surface area contributed by atoms with E-state index in [-0.39, 0.29) is 10.9 Å². The predicted molar refractivity (Wildman–Crippen MR) is 86.0 cm³/mol. The highest BCUT2D eigenvalue weighted by molar-refractivity contribution is 7.89. The highest BCUT2D eigenvalue weighted by Gasteiger charge is 2.14. The number of rotatable bonds is 4. The molecule has 0 aliphatic carbocycles. The van der Waals surface area contributed by atoms with E-state index in [2.05, 4.69) is 11.4 Å². The number of anilines is 1. The predicted octanol–water partition coefficient (Wildman–Crippen LogP) is 3.03. The number of primary sulfonamides is 1. The van der Waals surface area contributed by atoms with E-state index in [4.69, 9.17) is 22.0 Å². The van der Waals surface area contributed by atoms with E-state index in [1.807, 2.05) is 6.92 Å². The molecule has 0 aliphatic heterocycles. The van der Waals surface area contributed by atoms with E-state index >= 15 is 0 Å². The van der Waals surface area contributed by atoms with Gasteiger partial charge in [0.2, 0.25) is 10.0 Å². The summed E-state index contributed by atoms with van der Waals surface area (Å²) in [4.78, 5) is 0.0401. The standard InChI is InChI=1S/C15H14ClN3O2S/c1-10(11-4-2-6-13(8-11)22(18,20)21)19-15-12(9-17)5-3-7-14(15)16/h2-8,10,19H,1H3,(H2,18,20,21)/t10-/m1/s1. The van der Waals surface area contributed by atoms with Crippen LogP contribution in [0, 0.1) is 11.3 Å². The lowest BCUT2D eigenvalue weighted by molar-refractivity contribution is 0.597. The van der Waals surface area contributed by atoms with Crippen molar-refractivity contribution in [1.82, 2.24) is 0 Å². The summed E-state index contributed by atoms with van der Waals surface area (Å²) < 4.78 is 22.8. The van der Waals surface area contributed by atoms with Crippen LogP contribution in [0.2, 0.25) is 5.02 Å². The van der Waals surface area contributed by atoms with Crippen LogP contribution >= 0.6 is 11.6 Å². The van der Waals surface area contributed by atoms with Crippen molar-refractivity contribution in [2.45, 2.75) is 17.9 Å². The van der Waals surface area contributed by atoms with Crippen LogP contribution in [-0.2, 0) is 10.0 Å². The number of halogens is 1. The maximum Gasteiger partial charge on any atom is 0.238 e. The normalized spacial score (nSPS) is 12.5. The van der Waals surface area contributed by atoms with Gasteiger partial charge in [0, 0.05) is 6.04 Å². The molecule has 2 rings (SSSR count). The zero-order chi connectivity index (χ0) is 16.3. The molecule has 22 heavy (non-hydrogen) atoms. The number of nitrogens with zero attached hydrogens (tertiary/aromatic N) is 1. The van der Waals surface area contributed by atoms with Crippen LogP contribution in [0.25, 0.3) is 0 Å². The van der Waals surface area contributed by atoms with Crippen molar-refractivity contribution in [3.8, 4) is 6.07 Å². The number of hydrogen-bond donors (Lipinski definition) is 2. The second-order valence-electron chi connectivity index (χ2n) is 4.76. The smallest absolute Gasteiger partial charge is 0.238 e. The summed E-state index contributed by atoms with van der Waals surface area (Å²) in [6.45, 7) is 1.84. The molecule has 0 aliphatic rings. The average Bonchev–Trinajstić information content (AvgIpc) is 2.48. The third-order valence-corrected chi connectivity index (χ3v) is 4.41. The van der Waals surface area contributed by atoms with E-state index in [1.54, 1.807) is 30.3 Å². The molecule has 1 atom stereocenters. The molecule has 0 bridgehead atoms. The van der Waals surface area contributed by atoms with Crippen molar-refractivity contribution in [3.05, 3.63) is 58.6 Å².